The summed E-state index contributed by atoms with van der Waals surface area (Å²) in [7, 11) is 0. The fourth-order valence-electron chi connectivity index (χ4n) is 2.64. The van der Waals surface area contributed by atoms with Crippen molar-refractivity contribution < 1.29 is 19.1 Å². The van der Waals surface area contributed by atoms with E-state index in [1.807, 2.05) is 0 Å². The van der Waals surface area contributed by atoms with Crippen molar-refractivity contribution in [3.05, 3.63) is 74.5 Å². The molecule has 0 aliphatic carbocycles. The summed E-state index contributed by atoms with van der Waals surface area (Å²) >= 11 is 10.5. The van der Waals surface area contributed by atoms with Crippen LogP contribution in [-0.2, 0) is 11.2 Å². The van der Waals surface area contributed by atoms with Crippen molar-refractivity contribution in [2.75, 3.05) is 5.32 Å². The Labute approximate surface area is 178 Å². The molecular weight excluding hydrogens is 469 g/mol. The monoisotopic (exact) mass is 481 g/mol. The van der Waals surface area contributed by atoms with E-state index in [-0.39, 0.29) is 17.7 Å². The molecule has 1 atom stereocenters. The normalized spacial score (nSPS) is 11.8. The number of halogens is 3. The van der Waals surface area contributed by atoms with Crippen molar-refractivity contribution >= 4 is 56.4 Å². The Morgan fingerprint density at radius 1 is 1.18 bits per heavy atom. The number of carboxylic acid groups (broad SMARTS) is 1. The molecule has 8 heteroatoms. The summed E-state index contributed by atoms with van der Waals surface area (Å²) in [5, 5.41) is 13.9. The van der Waals surface area contributed by atoms with E-state index in [2.05, 4.69) is 21.2 Å². The van der Waals surface area contributed by atoms with Gasteiger partial charge in [-0.15, -0.1) is 11.3 Å². The molecule has 0 saturated heterocycles. The minimum absolute atomic E-state index is 0.0642. The SMILES string of the molecule is O=C(O)c1c(NC(=O)C(F)Cc2ccccc2Cl)csc1-c1ccc(Br)cc1. The average molecular weight is 483 g/mol. The maximum absolute atomic E-state index is 14.4. The highest BCUT2D eigenvalue weighted by Gasteiger charge is 2.25. The van der Waals surface area contributed by atoms with Crippen LogP contribution in [0.1, 0.15) is 15.9 Å². The lowest BCUT2D eigenvalue weighted by Crippen LogP contribution is -2.26. The number of hydrogen-bond donors (Lipinski definition) is 2. The average Bonchev–Trinajstić information content (AvgIpc) is 3.08. The molecule has 4 nitrogen and oxygen atoms in total. The summed E-state index contributed by atoms with van der Waals surface area (Å²) in [6.45, 7) is 0. The van der Waals surface area contributed by atoms with Crippen LogP contribution in [0.5, 0.6) is 0 Å². The van der Waals surface area contributed by atoms with Gasteiger partial charge in [-0.3, -0.25) is 4.79 Å². The highest BCUT2D eigenvalue weighted by molar-refractivity contribution is 9.10. The second-order valence-corrected chi connectivity index (χ2v) is 8.12. The van der Waals surface area contributed by atoms with E-state index in [4.69, 9.17) is 11.6 Å². The zero-order valence-electron chi connectivity index (χ0n) is 14.3. The van der Waals surface area contributed by atoms with Gasteiger partial charge in [0.15, 0.2) is 6.17 Å². The van der Waals surface area contributed by atoms with E-state index in [0.717, 1.165) is 4.47 Å². The molecule has 0 saturated carbocycles. The van der Waals surface area contributed by atoms with Crippen molar-refractivity contribution in [1.29, 1.82) is 0 Å². The molecule has 28 heavy (non-hydrogen) atoms. The smallest absolute Gasteiger partial charge is 0.339 e. The van der Waals surface area contributed by atoms with Gasteiger partial charge in [-0.2, -0.15) is 0 Å². The van der Waals surface area contributed by atoms with Gasteiger partial charge in [-0.1, -0.05) is 57.9 Å². The fraction of sp³-hybridized carbons (Fsp3) is 0.100. The Morgan fingerprint density at radius 3 is 2.50 bits per heavy atom. The number of carboxylic acids is 1. The molecule has 0 radical (unpaired) electrons. The number of carbonyl (C=O) groups is 2. The lowest BCUT2D eigenvalue weighted by atomic mass is 10.1. The molecule has 144 valence electrons. The molecule has 0 bridgehead atoms. The summed E-state index contributed by atoms with van der Waals surface area (Å²) in [4.78, 5) is 24.5. The van der Waals surface area contributed by atoms with Crippen LogP contribution in [0.15, 0.2) is 58.4 Å². The Bertz CT molecular complexity index is 1020. The highest BCUT2D eigenvalue weighted by Crippen LogP contribution is 2.36. The summed E-state index contributed by atoms with van der Waals surface area (Å²) in [5.74, 6) is -2.11. The maximum Gasteiger partial charge on any atom is 0.339 e. The number of thiophene rings is 1. The molecule has 0 aliphatic heterocycles. The molecule has 0 aliphatic rings. The van der Waals surface area contributed by atoms with Crippen molar-refractivity contribution in [3.63, 3.8) is 0 Å². The lowest BCUT2D eigenvalue weighted by molar-refractivity contribution is -0.120. The minimum atomic E-state index is -1.86. The number of benzene rings is 2. The topological polar surface area (TPSA) is 66.4 Å². The summed E-state index contributed by atoms with van der Waals surface area (Å²) < 4.78 is 15.3. The Hall–Kier alpha value is -2.22. The number of alkyl halides is 1. The highest BCUT2D eigenvalue weighted by atomic mass is 79.9. The van der Waals surface area contributed by atoms with Crippen LogP contribution in [0.4, 0.5) is 10.1 Å². The molecule has 2 N–H and O–H groups in total. The van der Waals surface area contributed by atoms with Crippen LogP contribution < -0.4 is 5.32 Å². The molecule has 2 aromatic carbocycles. The van der Waals surface area contributed by atoms with Gasteiger partial charge in [0.2, 0.25) is 0 Å². The van der Waals surface area contributed by atoms with E-state index >= 15 is 0 Å². The first-order valence-corrected chi connectivity index (χ1v) is 10.2. The third-order valence-corrected chi connectivity index (χ3v) is 5.94. The quantitative estimate of drug-likeness (QED) is 0.449. The lowest BCUT2D eigenvalue weighted by Gasteiger charge is -2.11. The second-order valence-electron chi connectivity index (χ2n) is 5.92. The van der Waals surface area contributed by atoms with Gasteiger partial charge in [0.1, 0.15) is 5.56 Å². The van der Waals surface area contributed by atoms with E-state index in [1.54, 1.807) is 48.5 Å². The van der Waals surface area contributed by atoms with E-state index in [9.17, 15) is 19.1 Å². The van der Waals surface area contributed by atoms with Gasteiger partial charge in [0.05, 0.1) is 10.6 Å². The largest absolute Gasteiger partial charge is 0.478 e. The molecule has 1 unspecified atom stereocenters. The van der Waals surface area contributed by atoms with Gasteiger partial charge in [0, 0.05) is 21.3 Å². The number of amides is 1. The van der Waals surface area contributed by atoms with Gasteiger partial charge < -0.3 is 10.4 Å². The fourth-order valence-corrected chi connectivity index (χ4v) is 4.11. The number of anilines is 1. The molecule has 3 rings (SSSR count). The van der Waals surface area contributed by atoms with Gasteiger partial charge >= 0.3 is 5.97 Å². The first-order valence-electron chi connectivity index (χ1n) is 8.16. The van der Waals surface area contributed by atoms with Gasteiger partial charge in [-0.05, 0) is 29.3 Å². The maximum atomic E-state index is 14.4. The predicted octanol–water partition coefficient (Wildman–Crippen LogP) is 6.05. The Morgan fingerprint density at radius 2 is 1.86 bits per heavy atom. The standard InChI is InChI=1S/C20H14BrClFNO3S/c21-13-7-5-11(6-8-13)18-17(20(26)27)16(10-28-18)24-19(25)15(23)9-12-3-1-2-4-14(12)22/h1-8,10,15H,9H2,(H,24,25)(H,26,27). The van der Waals surface area contributed by atoms with E-state index < -0.39 is 18.0 Å². The zero-order valence-corrected chi connectivity index (χ0v) is 17.4. The van der Waals surface area contributed by atoms with Crippen molar-refractivity contribution in [3.8, 4) is 10.4 Å². The van der Waals surface area contributed by atoms with E-state index in [0.29, 0.717) is 21.0 Å². The van der Waals surface area contributed by atoms with Crippen LogP contribution in [0.3, 0.4) is 0 Å². The van der Waals surface area contributed by atoms with E-state index in [1.165, 1.54) is 16.7 Å². The summed E-state index contributed by atoms with van der Waals surface area (Å²) in [6.07, 6.45) is -2.06. The second kappa shape index (κ2) is 8.86. The van der Waals surface area contributed by atoms with Crippen LogP contribution in [0.25, 0.3) is 10.4 Å². The first kappa shape index (κ1) is 20.5. The third kappa shape index (κ3) is 4.60. The van der Waals surface area contributed by atoms with Gasteiger partial charge in [-0.25, -0.2) is 9.18 Å². The van der Waals surface area contributed by atoms with Crippen LogP contribution in [0, 0.1) is 0 Å². The molecular formula is C20H14BrClFNO3S. The van der Waals surface area contributed by atoms with Crippen molar-refractivity contribution in [1.82, 2.24) is 0 Å². The zero-order chi connectivity index (χ0) is 20.3. The van der Waals surface area contributed by atoms with Crippen molar-refractivity contribution in [2.45, 2.75) is 12.6 Å². The molecule has 0 spiro atoms. The van der Waals surface area contributed by atoms with Gasteiger partial charge in [0.25, 0.3) is 5.91 Å². The Balaban J connectivity index is 1.82. The van der Waals surface area contributed by atoms with Crippen LogP contribution in [0.2, 0.25) is 5.02 Å². The molecule has 3 aromatic rings. The van der Waals surface area contributed by atoms with Crippen LogP contribution >= 0.6 is 38.9 Å². The number of nitrogens with one attached hydrogen (secondary N) is 1. The third-order valence-electron chi connectivity index (χ3n) is 4.01. The molecule has 0 fully saturated rings. The predicted molar refractivity (Wildman–Crippen MR) is 113 cm³/mol. The molecule has 1 amide bonds. The van der Waals surface area contributed by atoms with Crippen molar-refractivity contribution in [2.24, 2.45) is 0 Å². The first-order chi connectivity index (χ1) is 13.4. The summed E-state index contributed by atoms with van der Waals surface area (Å²) in [6, 6.07) is 13.8. The molecule has 1 heterocycles. The van der Waals surface area contributed by atoms with Crippen LogP contribution in [-0.4, -0.2) is 23.2 Å². The minimum Gasteiger partial charge on any atom is -0.478 e. The number of rotatable bonds is 6. The Kier molecular flexibility index (Phi) is 6.49. The number of carbonyl (C=O) groups excluding carboxylic acids is 1. The number of hydrogen-bond acceptors (Lipinski definition) is 3. The summed E-state index contributed by atoms with van der Waals surface area (Å²) in [5.41, 5.74) is 1.21. The number of aromatic carboxylic acids is 1. The molecule has 1 aromatic heterocycles.